The first kappa shape index (κ1) is 8.65. The minimum absolute atomic E-state index is 1.12. The summed E-state index contributed by atoms with van der Waals surface area (Å²) in [5.41, 5.74) is 0. The van der Waals surface area contributed by atoms with Crippen LogP contribution in [0.5, 0.6) is 0 Å². The van der Waals surface area contributed by atoms with E-state index in [2.05, 4.69) is 42.1 Å². The molecule has 0 amide bonds. The van der Waals surface area contributed by atoms with Crippen molar-refractivity contribution in [3.8, 4) is 0 Å². The molecule has 50 valence electrons. The monoisotopic (exact) mass is 196 g/mol. The molecule has 0 aliphatic heterocycles. The predicted octanol–water partition coefficient (Wildman–Crippen LogP) is 2.93. The summed E-state index contributed by atoms with van der Waals surface area (Å²) in [4.78, 5) is 0. The molecule has 0 unspecified atom stereocenters. The fourth-order valence-electron chi connectivity index (χ4n) is 0.436. The number of hydrogen-bond acceptors (Lipinski definition) is 0. The Kier molecular flexibility index (Phi) is 2.29. The molecule has 0 aromatic carbocycles. The molecule has 0 aromatic rings. The average Bonchev–Trinajstić information content (AvgIpc) is 1.25. The van der Waals surface area contributed by atoms with E-state index in [-0.39, 0.29) is 0 Å². The third-order valence-corrected chi connectivity index (χ3v) is 3.11. The Hall–Kier alpha value is 0.650. The summed E-state index contributed by atoms with van der Waals surface area (Å²) in [6.07, 6.45) is 3.10. The third-order valence-electron chi connectivity index (χ3n) is 0.746. The Morgan fingerprint density at radius 1 is 1.50 bits per heavy atom. The van der Waals surface area contributed by atoms with Crippen LogP contribution in [0.4, 0.5) is 0 Å². The van der Waals surface area contributed by atoms with Gasteiger partial charge in [-0.1, -0.05) is 0 Å². The van der Waals surface area contributed by atoms with Crippen LogP contribution in [0.2, 0.25) is 0 Å². The summed E-state index contributed by atoms with van der Waals surface area (Å²) >= 11 is 3.70. The third kappa shape index (κ3) is 6.65. The van der Waals surface area contributed by atoms with E-state index < -0.39 is 5.31 Å². The minimum atomic E-state index is -1.41. The first-order chi connectivity index (χ1) is 3.31. The van der Waals surface area contributed by atoms with Gasteiger partial charge in [0.25, 0.3) is 0 Å². The fourth-order valence-corrected chi connectivity index (χ4v) is 1.92. The molecule has 8 heavy (non-hydrogen) atoms. The molecule has 0 aliphatic rings. The van der Waals surface area contributed by atoms with Gasteiger partial charge >= 0.3 is 59.6 Å². The Labute approximate surface area is 60.0 Å². The van der Waals surface area contributed by atoms with Gasteiger partial charge < -0.3 is 0 Å². The zero-order valence-electron chi connectivity index (χ0n) is 5.82. The van der Waals surface area contributed by atoms with Crippen LogP contribution in [0, 0.1) is 0 Å². The average molecular weight is 197 g/mol. The molecule has 0 bridgehead atoms. The SMILES string of the molecule is C=CCP(C)(C)(C)Br. The number of hydrogen-bond donors (Lipinski definition) is 0. The van der Waals surface area contributed by atoms with Crippen molar-refractivity contribution >= 4 is 20.8 Å². The molecule has 0 nitrogen and oxygen atoms in total. The van der Waals surface area contributed by atoms with E-state index >= 15 is 0 Å². The van der Waals surface area contributed by atoms with Crippen molar-refractivity contribution in [1.29, 1.82) is 0 Å². The van der Waals surface area contributed by atoms with E-state index in [1.807, 2.05) is 6.08 Å². The number of rotatable bonds is 2. The van der Waals surface area contributed by atoms with Crippen LogP contribution < -0.4 is 0 Å². The second-order valence-corrected chi connectivity index (χ2v) is 17.5. The van der Waals surface area contributed by atoms with Crippen LogP contribution in [-0.2, 0) is 0 Å². The van der Waals surface area contributed by atoms with Crippen molar-refractivity contribution < 1.29 is 0 Å². The predicted molar refractivity (Wildman–Crippen MR) is 48.7 cm³/mol. The van der Waals surface area contributed by atoms with Crippen LogP contribution in [-0.4, -0.2) is 26.2 Å². The Balaban J connectivity index is 3.91. The second kappa shape index (κ2) is 2.11. The molecule has 0 spiro atoms. The van der Waals surface area contributed by atoms with Crippen LogP contribution in [0.3, 0.4) is 0 Å². The summed E-state index contributed by atoms with van der Waals surface area (Å²) < 4.78 is 0. The number of allylic oxidation sites excluding steroid dienone is 1. The Morgan fingerprint density at radius 2 is 1.88 bits per heavy atom. The first-order valence-corrected chi connectivity index (χ1v) is 8.43. The molecule has 0 rings (SSSR count). The maximum atomic E-state index is 3.70. The van der Waals surface area contributed by atoms with Gasteiger partial charge in [0.15, 0.2) is 0 Å². The van der Waals surface area contributed by atoms with Crippen molar-refractivity contribution in [3.05, 3.63) is 12.7 Å². The molecular weight excluding hydrogens is 183 g/mol. The molecular formula is C6H14BrP. The summed E-state index contributed by atoms with van der Waals surface area (Å²) in [5, 5.41) is -1.41. The number of halogens is 1. The van der Waals surface area contributed by atoms with Gasteiger partial charge in [0.2, 0.25) is 0 Å². The molecule has 0 saturated heterocycles. The van der Waals surface area contributed by atoms with Gasteiger partial charge in [0, 0.05) is 0 Å². The first-order valence-electron chi connectivity index (χ1n) is 2.64. The van der Waals surface area contributed by atoms with E-state index in [0.29, 0.717) is 0 Å². The zero-order chi connectivity index (χ0) is 6.86. The molecule has 0 atom stereocenters. The quantitative estimate of drug-likeness (QED) is 0.471. The van der Waals surface area contributed by atoms with E-state index in [0.717, 1.165) is 6.16 Å². The summed E-state index contributed by atoms with van der Waals surface area (Å²) in [7, 11) is 0. The van der Waals surface area contributed by atoms with Crippen molar-refractivity contribution in [2.45, 2.75) is 0 Å². The molecule has 2 heteroatoms. The van der Waals surface area contributed by atoms with Crippen molar-refractivity contribution in [2.24, 2.45) is 0 Å². The molecule has 0 aliphatic carbocycles. The van der Waals surface area contributed by atoms with E-state index in [9.17, 15) is 0 Å². The van der Waals surface area contributed by atoms with Crippen LogP contribution in [0.1, 0.15) is 0 Å². The van der Waals surface area contributed by atoms with E-state index in [1.165, 1.54) is 0 Å². The Morgan fingerprint density at radius 3 is 1.88 bits per heavy atom. The van der Waals surface area contributed by atoms with Gasteiger partial charge in [-0.25, -0.2) is 0 Å². The van der Waals surface area contributed by atoms with Gasteiger partial charge in [-0.2, -0.15) is 0 Å². The van der Waals surface area contributed by atoms with Gasteiger partial charge in [-0.05, 0) is 0 Å². The zero-order valence-corrected chi connectivity index (χ0v) is 8.30. The van der Waals surface area contributed by atoms with Crippen molar-refractivity contribution in [2.75, 3.05) is 26.2 Å². The molecule has 0 aromatic heterocycles. The van der Waals surface area contributed by atoms with Gasteiger partial charge in [0.05, 0.1) is 0 Å². The van der Waals surface area contributed by atoms with Crippen LogP contribution >= 0.6 is 20.8 Å². The standard InChI is InChI=1S/C6H14BrP/c1-5-6-8(2,3,4)7/h5H,1,6H2,2-4H3. The van der Waals surface area contributed by atoms with Crippen LogP contribution in [0.25, 0.3) is 0 Å². The van der Waals surface area contributed by atoms with Gasteiger partial charge in [0.1, 0.15) is 0 Å². The van der Waals surface area contributed by atoms with Gasteiger partial charge in [-0.15, -0.1) is 0 Å². The molecule has 0 heterocycles. The summed E-state index contributed by atoms with van der Waals surface area (Å²) in [6, 6.07) is 0. The maximum absolute atomic E-state index is 3.70. The topological polar surface area (TPSA) is 0 Å². The Bertz CT molecular complexity index is 89.6. The summed E-state index contributed by atoms with van der Waals surface area (Å²) in [6.45, 7) is 10.5. The normalized spacial score (nSPS) is 16.8. The fraction of sp³-hybridized carbons (Fsp3) is 0.667. The van der Waals surface area contributed by atoms with Crippen molar-refractivity contribution in [1.82, 2.24) is 0 Å². The van der Waals surface area contributed by atoms with Crippen molar-refractivity contribution in [3.63, 3.8) is 0 Å². The second-order valence-electron chi connectivity index (χ2n) is 3.39. The van der Waals surface area contributed by atoms with Gasteiger partial charge in [-0.3, -0.25) is 0 Å². The summed E-state index contributed by atoms with van der Waals surface area (Å²) in [5.74, 6) is 0. The molecule has 0 radical (unpaired) electrons. The molecule has 0 fully saturated rings. The van der Waals surface area contributed by atoms with E-state index in [4.69, 9.17) is 0 Å². The van der Waals surface area contributed by atoms with E-state index in [1.54, 1.807) is 0 Å². The molecule has 0 N–H and O–H groups in total. The van der Waals surface area contributed by atoms with Crippen LogP contribution in [0.15, 0.2) is 12.7 Å². The molecule has 0 saturated carbocycles.